The van der Waals surface area contributed by atoms with Crippen LogP contribution in [-0.4, -0.2) is 48.8 Å². The van der Waals surface area contributed by atoms with E-state index in [0.717, 1.165) is 11.1 Å². The van der Waals surface area contributed by atoms with Crippen LogP contribution in [0.3, 0.4) is 0 Å². The van der Waals surface area contributed by atoms with Gasteiger partial charge in [-0.25, -0.2) is 4.39 Å². The first-order valence-corrected chi connectivity index (χ1v) is 9.86. The van der Waals surface area contributed by atoms with E-state index < -0.39 is 0 Å². The molecule has 1 N–H and O–H groups in total. The number of nitrogens with zero attached hydrogens (tertiary/aromatic N) is 2. The highest BCUT2D eigenvalue weighted by Gasteiger charge is 2.34. The van der Waals surface area contributed by atoms with Gasteiger partial charge in [-0.15, -0.1) is 0 Å². The first-order valence-electron chi connectivity index (χ1n) is 9.86. The summed E-state index contributed by atoms with van der Waals surface area (Å²) in [4.78, 5) is 28.8. The Balaban J connectivity index is 1.56. The Hall–Kier alpha value is -2.73. The summed E-state index contributed by atoms with van der Waals surface area (Å²) in [5.41, 5.74) is 3.17. The summed E-state index contributed by atoms with van der Waals surface area (Å²) >= 11 is 0. The molecule has 154 valence electrons. The van der Waals surface area contributed by atoms with Crippen LogP contribution in [0.15, 0.2) is 48.5 Å². The number of likely N-dealkylation sites (N-methyl/N-ethyl adjacent to an activating group) is 1. The molecule has 3 rings (SSSR count). The topological polar surface area (TPSA) is 52.7 Å². The van der Waals surface area contributed by atoms with Crippen molar-refractivity contribution in [2.45, 2.75) is 25.9 Å². The fraction of sp³-hybridized carbons (Fsp3) is 0.391. The summed E-state index contributed by atoms with van der Waals surface area (Å²) in [5.74, 6) is -0.732. The van der Waals surface area contributed by atoms with E-state index in [0.29, 0.717) is 19.6 Å². The van der Waals surface area contributed by atoms with Crippen LogP contribution in [0.2, 0.25) is 0 Å². The lowest BCUT2D eigenvalue weighted by atomic mass is 10.0. The van der Waals surface area contributed by atoms with Crippen molar-refractivity contribution in [3.05, 3.63) is 71.0 Å². The maximum atomic E-state index is 13.2. The van der Waals surface area contributed by atoms with Gasteiger partial charge in [0.05, 0.1) is 12.0 Å². The maximum absolute atomic E-state index is 13.2. The van der Waals surface area contributed by atoms with Crippen molar-refractivity contribution in [3.63, 3.8) is 0 Å². The zero-order valence-corrected chi connectivity index (χ0v) is 17.2. The average Bonchev–Trinajstić information content (AvgIpc) is 3.05. The molecule has 2 aromatic rings. The molecular formula is C23H28FN3O2. The maximum Gasteiger partial charge on any atom is 0.225 e. The van der Waals surface area contributed by atoms with Crippen molar-refractivity contribution in [2.24, 2.45) is 5.92 Å². The van der Waals surface area contributed by atoms with E-state index in [1.165, 1.54) is 17.7 Å². The first kappa shape index (κ1) is 21.0. The Labute approximate surface area is 171 Å². The smallest absolute Gasteiger partial charge is 0.225 e. The second-order valence-electron chi connectivity index (χ2n) is 7.94. The number of hydrogen-bond acceptors (Lipinski definition) is 3. The van der Waals surface area contributed by atoms with E-state index in [-0.39, 0.29) is 36.0 Å². The number of amides is 2. The number of likely N-dealkylation sites (tertiary alicyclic amines) is 1. The summed E-state index contributed by atoms with van der Waals surface area (Å²) in [6.45, 7) is 3.39. The van der Waals surface area contributed by atoms with Crippen LogP contribution in [0.1, 0.15) is 29.2 Å². The van der Waals surface area contributed by atoms with Crippen LogP contribution >= 0.6 is 0 Å². The highest BCUT2D eigenvalue weighted by Crippen LogP contribution is 2.22. The van der Waals surface area contributed by atoms with Crippen LogP contribution in [0.4, 0.5) is 4.39 Å². The van der Waals surface area contributed by atoms with E-state index in [2.05, 4.69) is 5.32 Å². The Morgan fingerprint density at radius 2 is 1.83 bits per heavy atom. The zero-order valence-electron chi connectivity index (χ0n) is 17.2. The molecule has 6 heteroatoms. The Morgan fingerprint density at radius 3 is 2.45 bits per heavy atom. The Morgan fingerprint density at radius 1 is 1.17 bits per heavy atom. The molecule has 0 bridgehead atoms. The number of rotatable bonds is 7. The monoisotopic (exact) mass is 397 g/mol. The summed E-state index contributed by atoms with van der Waals surface area (Å²) < 4.78 is 13.2. The third-order valence-electron chi connectivity index (χ3n) is 5.43. The first-order chi connectivity index (χ1) is 13.8. The van der Waals surface area contributed by atoms with Gasteiger partial charge in [-0.05, 0) is 44.3 Å². The van der Waals surface area contributed by atoms with Crippen molar-refractivity contribution >= 4 is 11.8 Å². The van der Waals surface area contributed by atoms with E-state index in [9.17, 15) is 14.0 Å². The van der Waals surface area contributed by atoms with Crippen molar-refractivity contribution in [1.82, 2.24) is 15.1 Å². The van der Waals surface area contributed by atoms with Crippen molar-refractivity contribution in [2.75, 3.05) is 27.2 Å². The standard InChI is InChI=1S/C23H28FN3O2/c1-16-4-6-17(7-5-16)14-27-15-19(12-22(27)28)23(29)25-13-21(26(2)3)18-8-10-20(24)11-9-18/h4-11,19,21H,12-15H2,1-3H3,(H,25,29). The molecule has 1 saturated heterocycles. The molecule has 1 fully saturated rings. The molecule has 5 nitrogen and oxygen atoms in total. The quantitative estimate of drug-likeness (QED) is 0.782. The van der Waals surface area contributed by atoms with Crippen molar-refractivity contribution in [3.8, 4) is 0 Å². The lowest BCUT2D eigenvalue weighted by Gasteiger charge is -2.25. The van der Waals surface area contributed by atoms with E-state index in [4.69, 9.17) is 0 Å². The van der Waals surface area contributed by atoms with Gasteiger partial charge in [0.1, 0.15) is 5.82 Å². The largest absolute Gasteiger partial charge is 0.354 e. The second kappa shape index (κ2) is 9.18. The fourth-order valence-corrected chi connectivity index (χ4v) is 3.64. The van der Waals surface area contributed by atoms with Gasteiger partial charge in [0.25, 0.3) is 0 Å². The van der Waals surface area contributed by atoms with Gasteiger partial charge < -0.3 is 15.1 Å². The number of hydrogen-bond donors (Lipinski definition) is 1. The molecule has 1 aliphatic heterocycles. The summed E-state index contributed by atoms with van der Waals surface area (Å²) in [6, 6.07) is 14.3. The molecule has 2 unspecified atom stereocenters. The van der Waals surface area contributed by atoms with Crippen LogP contribution in [0, 0.1) is 18.7 Å². The van der Waals surface area contributed by atoms with Gasteiger partial charge in [0.15, 0.2) is 0 Å². The highest BCUT2D eigenvalue weighted by molar-refractivity contribution is 5.89. The van der Waals surface area contributed by atoms with E-state index in [1.807, 2.05) is 50.2 Å². The molecule has 1 aliphatic rings. The molecule has 2 atom stereocenters. The average molecular weight is 397 g/mol. The Bertz CT molecular complexity index is 849. The molecular weight excluding hydrogens is 369 g/mol. The Kier molecular flexibility index (Phi) is 6.64. The second-order valence-corrected chi connectivity index (χ2v) is 7.94. The normalized spacial score (nSPS) is 17.6. The lowest BCUT2D eigenvalue weighted by molar-refractivity contribution is -0.129. The SMILES string of the molecule is Cc1ccc(CN2CC(C(=O)NCC(c3ccc(F)cc3)N(C)C)CC2=O)cc1. The van der Waals surface area contributed by atoms with Gasteiger partial charge >= 0.3 is 0 Å². The zero-order chi connectivity index (χ0) is 21.0. The van der Waals surface area contributed by atoms with Gasteiger partial charge in [0.2, 0.25) is 11.8 Å². The molecule has 0 saturated carbocycles. The molecule has 0 spiro atoms. The molecule has 1 heterocycles. The minimum atomic E-state index is -0.344. The van der Waals surface area contributed by atoms with Crippen LogP contribution in [-0.2, 0) is 16.1 Å². The summed E-state index contributed by atoms with van der Waals surface area (Å²) in [5, 5.41) is 2.98. The summed E-state index contributed by atoms with van der Waals surface area (Å²) in [7, 11) is 3.84. The molecule has 0 aliphatic carbocycles. The third kappa shape index (κ3) is 5.41. The number of nitrogens with one attached hydrogen (secondary N) is 1. The third-order valence-corrected chi connectivity index (χ3v) is 5.43. The van der Waals surface area contributed by atoms with E-state index in [1.54, 1.807) is 17.0 Å². The number of carbonyl (C=O) groups is 2. The molecule has 0 radical (unpaired) electrons. The predicted octanol–water partition coefficient (Wildman–Crippen LogP) is 2.90. The number of aryl methyl sites for hydroxylation is 1. The molecule has 2 aromatic carbocycles. The van der Waals surface area contributed by atoms with Crippen molar-refractivity contribution < 1.29 is 14.0 Å². The predicted molar refractivity (Wildman–Crippen MR) is 111 cm³/mol. The van der Waals surface area contributed by atoms with Gasteiger partial charge in [0, 0.05) is 26.1 Å². The molecule has 29 heavy (non-hydrogen) atoms. The fourth-order valence-electron chi connectivity index (χ4n) is 3.64. The van der Waals surface area contributed by atoms with Crippen LogP contribution in [0.25, 0.3) is 0 Å². The minimum absolute atomic E-state index is 0.00780. The van der Waals surface area contributed by atoms with Gasteiger partial charge in [-0.1, -0.05) is 42.0 Å². The van der Waals surface area contributed by atoms with Crippen LogP contribution < -0.4 is 5.32 Å². The number of benzene rings is 2. The number of halogens is 1. The lowest BCUT2D eigenvalue weighted by Crippen LogP contribution is -2.38. The highest BCUT2D eigenvalue weighted by atomic mass is 19.1. The van der Waals surface area contributed by atoms with Crippen molar-refractivity contribution in [1.29, 1.82) is 0 Å². The molecule has 0 aromatic heterocycles. The van der Waals surface area contributed by atoms with Gasteiger partial charge in [-0.3, -0.25) is 9.59 Å². The molecule has 2 amide bonds. The van der Waals surface area contributed by atoms with E-state index >= 15 is 0 Å². The minimum Gasteiger partial charge on any atom is -0.354 e. The number of carbonyl (C=O) groups excluding carboxylic acids is 2. The van der Waals surface area contributed by atoms with Gasteiger partial charge in [-0.2, -0.15) is 0 Å². The summed E-state index contributed by atoms with van der Waals surface area (Å²) in [6.07, 6.45) is 0.237. The van der Waals surface area contributed by atoms with Crippen LogP contribution in [0.5, 0.6) is 0 Å².